The van der Waals surface area contributed by atoms with Crippen LogP contribution in [0.5, 0.6) is 0 Å². The van der Waals surface area contributed by atoms with E-state index in [9.17, 15) is 27.7 Å². The summed E-state index contributed by atoms with van der Waals surface area (Å²) in [6, 6.07) is 4.01. The Bertz CT molecular complexity index is 1020. The van der Waals surface area contributed by atoms with Crippen molar-refractivity contribution >= 4 is 27.3 Å². The lowest BCUT2D eigenvalue weighted by Crippen LogP contribution is -2.40. The summed E-state index contributed by atoms with van der Waals surface area (Å²) >= 11 is 0. The molecule has 28 heavy (non-hydrogen) atoms. The molecule has 1 saturated heterocycles. The number of halogens is 1. The average molecular weight is 410 g/mol. The molecule has 2 heterocycles. The van der Waals surface area contributed by atoms with Crippen molar-refractivity contribution in [3.05, 3.63) is 58.2 Å². The molecule has 0 saturated carbocycles. The summed E-state index contributed by atoms with van der Waals surface area (Å²) in [4.78, 5) is 26.0. The molecule has 1 aliphatic rings. The van der Waals surface area contributed by atoms with Crippen LogP contribution in [0.25, 0.3) is 0 Å². The minimum Gasteiger partial charge on any atom is -0.379 e. The van der Waals surface area contributed by atoms with Crippen LogP contribution in [0.2, 0.25) is 0 Å². The van der Waals surface area contributed by atoms with Crippen molar-refractivity contribution in [1.82, 2.24) is 9.29 Å². The topological polar surface area (TPSA) is 132 Å². The Morgan fingerprint density at radius 2 is 2.00 bits per heavy atom. The summed E-state index contributed by atoms with van der Waals surface area (Å²) in [7, 11) is -3.94. The number of ether oxygens (including phenoxy) is 1. The second-order valence-electron chi connectivity index (χ2n) is 5.76. The number of amides is 1. The second-order valence-corrected chi connectivity index (χ2v) is 7.70. The van der Waals surface area contributed by atoms with Crippen molar-refractivity contribution in [2.45, 2.75) is 4.90 Å². The lowest BCUT2D eigenvalue weighted by Gasteiger charge is -2.26. The largest absolute Gasteiger partial charge is 0.379 e. The highest BCUT2D eigenvalue weighted by Gasteiger charge is 2.28. The van der Waals surface area contributed by atoms with Crippen LogP contribution in [-0.4, -0.2) is 54.8 Å². The molecule has 1 amide bonds. The van der Waals surface area contributed by atoms with Crippen molar-refractivity contribution in [3.8, 4) is 0 Å². The van der Waals surface area contributed by atoms with E-state index in [1.807, 2.05) is 0 Å². The Morgan fingerprint density at radius 1 is 1.29 bits per heavy atom. The van der Waals surface area contributed by atoms with Crippen molar-refractivity contribution < 1.29 is 27.3 Å². The Labute approximate surface area is 159 Å². The number of nitrogens with zero attached hydrogens (tertiary/aromatic N) is 3. The normalized spacial score (nSPS) is 15.2. The Hall–Kier alpha value is -2.96. The van der Waals surface area contributed by atoms with Gasteiger partial charge in [0.05, 0.1) is 28.6 Å². The number of morpholine rings is 1. The van der Waals surface area contributed by atoms with E-state index in [1.54, 1.807) is 0 Å². The molecule has 1 aliphatic heterocycles. The Morgan fingerprint density at radius 3 is 2.68 bits per heavy atom. The van der Waals surface area contributed by atoms with Crippen molar-refractivity contribution in [2.24, 2.45) is 0 Å². The van der Waals surface area contributed by atoms with Gasteiger partial charge in [-0.15, -0.1) is 0 Å². The molecule has 0 spiro atoms. The summed E-state index contributed by atoms with van der Waals surface area (Å²) in [6.45, 7) is 0.758. The fourth-order valence-electron chi connectivity index (χ4n) is 2.60. The van der Waals surface area contributed by atoms with Crippen LogP contribution in [0, 0.1) is 15.9 Å². The summed E-state index contributed by atoms with van der Waals surface area (Å²) < 4.78 is 45.9. The van der Waals surface area contributed by atoms with Crippen molar-refractivity contribution in [2.75, 3.05) is 31.6 Å². The zero-order valence-electron chi connectivity index (χ0n) is 14.4. The van der Waals surface area contributed by atoms with Gasteiger partial charge in [0.15, 0.2) is 0 Å². The molecule has 0 radical (unpaired) electrons. The predicted molar refractivity (Wildman–Crippen MR) is 94.8 cm³/mol. The third-order valence-electron chi connectivity index (χ3n) is 4.04. The first-order chi connectivity index (χ1) is 13.3. The zero-order chi connectivity index (χ0) is 20.3. The van der Waals surface area contributed by atoms with Gasteiger partial charge in [-0.1, -0.05) is 0 Å². The van der Waals surface area contributed by atoms with Crippen LogP contribution in [0.4, 0.5) is 15.8 Å². The number of hydrogen-bond donors (Lipinski definition) is 1. The third-order valence-corrected chi connectivity index (χ3v) is 5.93. The van der Waals surface area contributed by atoms with Gasteiger partial charge in [0.2, 0.25) is 10.0 Å². The highest BCUT2D eigenvalue weighted by molar-refractivity contribution is 7.89. The molecule has 1 aromatic carbocycles. The molecule has 0 atom stereocenters. The number of carbonyl (C=O) groups is 1. The second kappa shape index (κ2) is 7.96. The predicted octanol–water partition coefficient (Wildman–Crippen LogP) is 1.40. The van der Waals surface area contributed by atoms with Gasteiger partial charge in [0, 0.05) is 19.3 Å². The number of pyridine rings is 1. The molecule has 0 unspecified atom stereocenters. The summed E-state index contributed by atoms with van der Waals surface area (Å²) in [6.07, 6.45) is 2.16. The Balaban J connectivity index is 1.91. The molecular formula is C16H15FN4O6S. The van der Waals surface area contributed by atoms with Gasteiger partial charge in [-0.2, -0.15) is 4.31 Å². The number of aromatic nitrogens is 1. The number of anilines is 1. The smallest absolute Gasteiger partial charge is 0.310 e. The molecule has 0 aliphatic carbocycles. The van der Waals surface area contributed by atoms with Gasteiger partial charge in [0.1, 0.15) is 17.7 Å². The van der Waals surface area contributed by atoms with Gasteiger partial charge in [0.25, 0.3) is 5.91 Å². The lowest BCUT2D eigenvalue weighted by molar-refractivity contribution is -0.384. The van der Waals surface area contributed by atoms with E-state index in [0.717, 1.165) is 24.4 Å². The maximum absolute atomic E-state index is 14.2. The van der Waals surface area contributed by atoms with Crippen LogP contribution in [0.15, 0.2) is 41.6 Å². The maximum Gasteiger partial charge on any atom is 0.310 e. The van der Waals surface area contributed by atoms with Crippen LogP contribution in [0.1, 0.15) is 10.4 Å². The monoisotopic (exact) mass is 410 g/mol. The number of carbonyl (C=O) groups excluding carboxylic acids is 1. The van der Waals surface area contributed by atoms with Gasteiger partial charge < -0.3 is 10.1 Å². The van der Waals surface area contributed by atoms with Gasteiger partial charge in [-0.25, -0.2) is 12.8 Å². The van der Waals surface area contributed by atoms with Crippen LogP contribution in [0.3, 0.4) is 0 Å². The quantitative estimate of drug-likeness (QED) is 0.582. The van der Waals surface area contributed by atoms with E-state index in [0.29, 0.717) is 0 Å². The molecular weight excluding hydrogens is 395 g/mol. The zero-order valence-corrected chi connectivity index (χ0v) is 15.2. The van der Waals surface area contributed by atoms with Crippen LogP contribution >= 0.6 is 0 Å². The number of hydrogen-bond acceptors (Lipinski definition) is 7. The standard InChI is InChI=1S/C16H15FN4O6S/c17-13-2-1-11(28(25,26)20-5-7-27-8-6-20)9-12(13)16(22)19-14-3-4-18-10-15(14)21(23)24/h1-4,9-10H,5-8H2,(H,18,19,22). The summed E-state index contributed by atoms with van der Waals surface area (Å²) in [5.74, 6) is -1.99. The van der Waals surface area contributed by atoms with E-state index in [4.69, 9.17) is 4.74 Å². The van der Waals surface area contributed by atoms with E-state index < -0.39 is 37.9 Å². The SMILES string of the molecule is O=C(Nc1ccncc1[N+](=O)[O-])c1cc(S(=O)(=O)N2CCOCC2)ccc1F. The maximum atomic E-state index is 14.2. The molecule has 3 rings (SSSR count). The molecule has 10 nitrogen and oxygen atoms in total. The van der Waals surface area contributed by atoms with Gasteiger partial charge in [-0.05, 0) is 24.3 Å². The molecule has 1 aromatic heterocycles. The van der Waals surface area contributed by atoms with Gasteiger partial charge in [-0.3, -0.25) is 19.9 Å². The van der Waals surface area contributed by atoms with E-state index in [2.05, 4.69) is 10.3 Å². The molecule has 2 aromatic rings. The average Bonchev–Trinajstić information content (AvgIpc) is 2.69. The molecule has 0 bridgehead atoms. The molecule has 148 valence electrons. The van der Waals surface area contributed by atoms with E-state index >= 15 is 0 Å². The minimum absolute atomic E-state index is 0.143. The van der Waals surface area contributed by atoms with Crippen molar-refractivity contribution in [3.63, 3.8) is 0 Å². The van der Waals surface area contributed by atoms with E-state index in [-0.39, 0.29) is 36.9 Å². The number of sulfonamides is 1. The molecule has 1 fully saturated rings. The fraction of sp³-hybridized carbons (Fsp3) is 0.250. The van der Waals surface area contributed by atoms with Crippen molar-refractivity contribution in [1.29, 1.82) is 0 Å². The lowest BCUT2D eigenvalue weighted by atomic mass is 10.2. The number of rotatable bonds is 5. The number of nitro groups is 1. The Kier molecular flexibility index (Phi) is 5.63. The summed E-state index contributed by atoms with van der Waals surface area (Å²) in [5.41, 5.74) is -1.22. The van der Waals surface area contributed by atoms with E-state index in [1.165, 1.54) is 16.6 Å². The first kappa shape index (κ1) is 19.8. The fourth-order valence-corrected chi connectivity index (χ4v) is 4.04. The van der Waals surface area contributed by atoms with Crippen LogP contribution in [-0.2, 0) is 14.8 Å². The van der Waals surface area contributed by atoms with Crippen LogP contribution < -0.4 is 5.32 Å². The van der Waals surface area contributed by atoms with Gasteiger partial charge >= 0.3 is 5.69 Å². The highest BCUT2D eigenvalue weighted by atomic mass is 32.2. The first-order valence-electron chi connectivity index (χ1n) is 8.08. The minimum atomic E-state index is -3.94. The number of benzene rings is 1. The molecule has 1 N–H and O–H groups in total. The number of nitrogens with one attached hydrogen (secondary N) is 1. The first-order valence-corrected chi connectivity index (χ1v) is 9.52. The highest BCUT2D eigenvalue weighted by Crippen LogP contribution is 2.25. The third kappa shape index (κ3) is 3.98. The summed E-state index contributed by atoms with van der Waals surface area (Å²) in [5, 5.41) is 13.2. The molecule has 12 heteroatoms.